The van der Waals surface area contributed by atoms with Crippen molar-refractivity contribution in [2.75, 3.05) is 11.9 Å². The van der Waals surface area contributed by atoms with E-state index in [-0.39, 0.29) is 48.2 Å². The largest absolute Gasteiger partial charge is 0.435 e. The van der Waals surface area contributed by atoms with Crippen LogP contribution in [0.15, 0.2) is 18.2 Å². The van der Waals surface area contributed by atoms with Crippen LogP contribution in [-0.4, -0.2) is 51.3 Å². The highest BCUT2D eigenvalue weighted by atomic mass is 19.4. The van der Waals surface area contributed by atoms with Crippen molar-refractivity contribution in [2.24, 2.45) is 11.1 Å². The minimum atomic E-state index is -4.79. The second-order valence-electron chi connectivity index (χ2n) is 11.9. The minimum Gasteiger partial charge on any atom is -0.382 e. The molecule has 0 aliphatic heterocycles. The van der Waals surface area contributed by atoms with Gasteiger partial charge >= 0.3 is 6.18 Å². The standard InChI is InChI=1S/C29H38F3N5O5/c1-28(2)15-22-25(23(38)16-28)26(29(30,31)32)35-37(22)18-9-12-20(27(33)40)21(14-18)34-17-7-10-19(11-8-17)42-13-5-3-4-6-24(39)36-41/h9,12,14,17,19,34,41H,3-8,10-11,13,15-16H2,1-2H3,(H2,33,40)(H,36,39). The quantitative estimate of drug-likeness (QED) is 0.164. The van der Waals surface area contributed by atoms with Crippen LogP contribution >= 0.6 is 0 Å². The lowest BCUT2D eigenvalue weighted by Gasteiger charge is -2.31. The molecule has 1 fully saturated rings. The minimum absolute atomic E-state index is 0.00205. The number of fused-ring (bicyclic) bond motifs is 1. The van der Waals surface area contributed by atoms with Gasteiger partial charge in [-0.1, -0.05) is 20.3 Å². The highest BCUT2D eigenvalue weighted by Gasteiger charge is 2.45. The van der Waals surface area contributed by atoms with Crippen LogP contribution in [0.5, 0.6) is 0 Å². The SMILES string of the molecule is CC1(C)CC(=O)c2c(C(F)(F)F)nn(-c3ccc(C(N)=O)c(NC4CCC(OCCCCCC(=O)NO)CC4)c3)c2C1. The highest BCUT2D eigenvalue weighted by Crippen LogP contribution is 2.42. The lowest BCUT2D eigenvalue weighted by atomic mass is 9.75. The molecule has 42 heavy (non-hydrogen) atoms. The number of hydroxylamine groups is 1. The van der Waals surface area contributed by atoms with E-state index >= 15 is 0 Å². The molecule has 0 atom stereocenters. The number of aromatic nitrogens is 2. The van der Waals surface area contributed by atoms with E-state index in [1.165, 1.54) is 16.8 Å². The lowest BCUT2D eigenvalue weighted by molar-refractivity contribution is -0.141. The number of alkyl halides is 3. The van der Waals surface area contributed by atoms with Gasteiger partial charge < -0.3 is 15.8 Å². The first-order valence-corrected chi connectivity index (χ1v) is 14.3. The van der Waals surface area contributed by atoms with Crippen molar-refractivity contribution in [3.63, 3.8) is 0 Å². The van der Waals surface area contributed by atoms with Gasteiger partial charge in [0.25, 0.3) is 5.91 Å². The Morgan fingerprint density at radius 3 is 2.50 bits per heavy atom. The van der Waals surface area contributed by atoms with E-state index in [1.54, 1.807) is 11.5 Å². The van der Waals surface area contributed by atoms with E-state index in [1.807, 2.05) is 13.8 Å². The van der Waals surface area contributed by atoms with Crippen LogP contribution in [0.1, 0.15) is 104 Å². The Bertz CT molecular complexity index is 1320. The van der Waals surface area contributed by atoms with Gasteiger partial charge in [-0.2, -0.15) is 18.3 Å². The van der Waals surface area contributed by atoms with Gasteiger partial charge in [-0.3, -0.25) is 19.6 Å². The number of ether oxygens (including phenoxy) is 1. The molecule has 230 valence electrons. The van der Waals surface area contributed by atoms with Crippen molar-refractivity contribution in [3.8, 4) is 5.69 Å². The van der Waals surface area contributed by atoms with Gasteiger partial charge in [0.2, 0.25) is 5.91 Å². The molecule has 1 saturated carbocycles. The Balaban J connectivity index is 1.46. The van der Waals surface area contributed by atoms with Crippen molar-refractivity contribution >= 4 is 23.3 Å². The van der Waals surface area contributed by atoms with Crippen molar-refractivity contribution in [3.05, 3.63) is 40.7 Å². The van der Waals surface area contributed by atoms with E-state index in [9.17, 15) is 27.6 Å². The molecule has 13 heteroatoms. The molecule has 2 aromatic rings. The molecule has 10 nitrogen and oxygen atoms in total. The number of nitrogens with one attached hydrogen (secondary N) is 2. The molecule has 2 aliphatic rings. The zero-order valence-electron chi connectivity index (χ0n) is 23.9. The number of unbranched alkanes of at least 4 members (excludes halogenated alkanes) is 2. The molecule has 0 bridgehead atoms. The fourth-order valence-electron chi connectivity index (χ4n) is 5.82. The van der Waals surface area contributed by atoms with Gasteiger partial charge in [0, 0.05) is 31.2 Å². The van der Waals surface area contributed by atoms with Crippen LogP contribution in [-0.2, 0) is 22.1 Å². The second-order valence-corrected chi connectivity index (χ2v) is 11.9. The third-order valence-corrected chi connectivity index (χ3v) is 7.89. The Hall–Kier alpha value is -3.45. The summed E-state index contributed by atoms with van der Waals surface area (Å²) in [4.78, 5) is 36.1. The van der Waals surface area contributed by atoms with Crippen LogP contribution in [0.4, 0.5) is 18.9 Å². The number of carbonyl (C=O) groups excluding carboxylic acids is 3. The number of primary amides is 1. The Kier molecular flexibility index (Phi) is 9.61. The van der Waals surface area contributed by atoms with Crippen LogP contribution in [0, 0.1) is 5.41 Å². The Morgan fingerprint density at radius 2 is 1.86 bits per heavy atom. The topological polar surface area (TPSA) is 149 Å². The molecule has 0 unspecified atom stereocenters. The van der Waals surface area contributed by atoms with Gasteiger partial charge in [-0.15, -0.1) is 0 Å². The first-order chi connectivity index (χ1) is 19.8. The molecular formula is C29H38F3N5O5. The number of ketones is 1. The van der Waals surface area contributed by atoms with Crippen LogP contribution in [0.25, 0.3) is 5.69 Å². The van der Waals surface area contributed by atoms with Crippen molar-refractivity contribution in [1.29, 1.82) is 0 Å². The number of benzene rings is 1. The van der Waals surface area contributed by atoms with Gasteiger partial charge in [-0.25, -0.2) is 10.2 Å². The number of amides is 2. The number of Topliss-reactive ketones (excluding diaryl/α,β-unsaturated/α-hetero) is 1. The zero-order valence-corrected chi connectivity index (χ0v) is 23.9. The summed E-state index contributed by atoms with van der Waals surface area (Å²) in [5.41, 5.74) is 6.23. The molecule has 1 heterocycles. The first kappa shape index (κ1) is 31.5. The monoisotopic (exact) mass is 593 g/mol. The summed E-state index contributed by atoms with van der Waals surface area (Å²) in [7, 11) is 0. The molecule has 5 N–H and O–H groups in total. The van der Waals surface area contributed by atoms with Crippen molar-refractivity contribution in [1.82, 2.24) is 15.3 Å². The van der Waals surface area contributed by atoms with E-state index < -0.39 is 34.9 Å². The molecule has 2 amide bonds. The van der Waals surface area contributed by atoms with Gasteiger partial charge in [0.05, 0.1) is 28.6 Å². The van der Waals surface area contributed by atoms with Crippen molar-refractivity contribution in [2.45, 2.75) is 96.4 Å². The fourth-order valence-corrected chi connectivity index (χ4v) is 5.82. The Morgan fingerprint density at radius 1 is 1.14 bits per heavy atom. The summed E-state index contributed by atoms with van der Waals surface area (Å²) >= 11 is 0. The molecular weight excluding hydrogens is 555 g/mol. The number of carbonyl (C=O) groups is 3. The zero-order chi connectivity index (χ0) is 30.7. The number of halogens is 3. The molecule has 4 rings (SSSR count). The normalized spacial score (nSPS) is 20.2. The van der Waals surface area contributed by atoms with E-state index in [0.29, 0.717) is 24.4 Å². The number of anilines is 1. The van der Waals surface area contributed by atoms with Gasteiger partial charge in [0.15, 0.2) is 11.5 Å². The van der Waals surface area contributed by atoms with E-state index in [0.717, 1.165) is 38.5 Å². The van der Waals surface area contributed by atoms with Gasteiger partial charge in [-0.05, 0) is 68.6 Å². The maximum Gasteiger partial charge on any atom is 0.435 e. The third kappa shape index (κ3) is 7.49. The summed E-state index contributed by atoms with van der Waals surface area (Å²) < 4.78 is 48.9. The molecule has 1 aromatic heterocycles. The smallest absolute Gasteiger partial charge is 0.382 e. The number of rotatable bonds is 11. The predicted octanol–water partition coefficient (Wildman–Crippen LogP) is 4.95. The second kappa shape index (κ2) is 12.8. The fraction of sp³-hybridized carbons (Fsp3) is 0.586. The third-order valence-electron chi connectivity index (χ3n) is 7.89. The van der Waals surface area contributed by atoms with Crippen LogP contribution < -0.4 is 16.5 Å². The summed E-state index contributed by atoms with van der Waals surface area (Å²) in [6, 6.07) is 4.52. The van der Waals surface area contributed by atoms with Crippen molar-refractivity contribution < 1.29 is 37.5 Å². The maximum atomic E-state index is 13.9. The number of nitrogens with two attached hydrogens (primary N) is 1. The molecule has 2 aliphatic carbocycles. The summed E-state index contributed by atoms with van der Waals surface area (Å²) in [5.74, 6) is -1.66. The molecule has 0 spiro atoms. The van der Waals surface area contributed by atoms with Crippen LogP contribution in [0.2, 0.25) is 0 Å². The predicted molar refractivity (Wildman–Crippen MR) is 148 cm³/mol. The average molecular weight is 594 g/mol. The number of hydrogen-bond donors (Lipinski definition) is 4. The first-order valence-electron chi connectivity index (χ1n) is 14.3. The van der Waals surface area contributed by atoms with Gasteiger partial charge in [0.1, 0.15) is 0 Å². The summed E-state index contributed by atoms with van der Waals surface area (Å²) in [5, 5.41) is 15.7. The van der Waals surface area contributed by atoms with E-state index in [4.69, 9.17) is 15.7 Å². The molecule has 1 aromatic carbocycles. The molecule has 0 saturated heterocycles. The van der Waals surface area contributed by atoms with E-state index in [2.05, 4.69) is 10.4 Å². The summed E-state index contributed by atoms with van der Waals surface area (Å²) in [6.45, 7) is 4.24. The average Bonchev–Trinajstić information content (AvgIpc) is 3.30. The Labute approximate surface area is 242 Å². The highest BCUT2D eigenvalue weighted by molar-refractivity contribution is 6.00. The lowest BCUT2D eigenvalue weighted by Crippen LogP contribution is -2.31. The van der Waals surface area contributed by atoms with Crippen LogP contribution in [0.3, 0.4) is 0 Å². The number of hydrogen-bond acceptors (Lipinski definition) is 7. The number of nitrogens with zero attached hydrogens (tertiary/aromatic N) is 2. The summed E-state index contributed by atoms with van der Waals surface area (Å²) in [6.07, 6.45) is 1.16. The molecule has 0 radical (unpaired) electrons. The maximum absolute atomic E-state index is 13.9.